The van der Waals surface area contributed by atoms with Crippen molar-refractivity contribution in [3.05, 3.63) is 18.2 Å². The van der Waals surface area contributed by atoms with Crippen molar-refractivity contribution in [1.82, 2.24) is 0 Å². The Kier molecular flexibility index (Phi) is 3.22. The minimum atomic E-state index is -3.62. The van der Waals surface area contributed by atoms with Crippen molar-refractivity contribution >= 4 is 11.7 Å². The standard InChI is InChI=1S/C11H11F2NO4/c1-16-10(15)4-5-14-7-2-3-8-9(6-7)18-11(12,13)17-8/h2-3,6,14H,4-5H2,1H3. The summed E-state index contributed by atoms with van der Waals surface area (Å²) in [7, 11) is 1.30. The summed E-state index contributed by atoms with van der Waals surface area (Å²) < 4.78 is 38.5. The van der Waals surface area contributed by atoms with Crippen LogP contribution in [0.15, 0.2) is 18.2 Å². The van der Waals surface area contributed by atoms with Gasteiger partial charge in [0.15, 0.2) is 11.5 Å². The van der Waals surface area contributed by atoms with E-state index in [0.717, 1.165) is 0 Å². The number of hydrogen-bond donors (Lipinski definition) is 1. The lowest BCUT2D eigenvalue weighted by Crippen LogP contribution is -2.25. The van der Waals surface area contributed by atoms with E-state index in [1.54, 1.807) is 6.07 Å². The van der Waals surface area contributed by atoms with Gasteiger partial charge in [-0.15, -0.1) is 8.78 Å². The number of alkyl halides is 2. The Morgan fingerprint density at radius 3 is 2.83 bits per heavy atom. The molecule has 0 amide bonds. The van der Waals surface area contributed by atoms with Crippen molar-refractivity contribution in [3.8, 4) is 11.5 Å². The number of fused-ring (bicyclic) bond motifs is 1. The predicted octanol–water partition coefficient (Wildman–Crippen LogP) is 1.98. The van der Waals surface area contributed by atoms with Crippen LogP contribution in [0.4, 0.5) is 14.5 Å². The number of methoxy groups -OCH3 is 1. The minimum Gasteiger partial charge on any atom is -0.469 e. The summed E-state index contributed by atoms with van der Waals surface area (Å²) in [4.78, 5) is 10.9. The van der Waals surface area contributed by atoms with Gasteiger partial charge in [0.1, 0.15) is 0 Å². The number of esters is 1. The molecular formula is C11H11F2NO4. The first-order chi connectivity index (χ1) is 8.50. The third kappa shape index (κ3) is 2.79. The van der Waals surface area contributed by atoms with Crippen LogP contribution in [-0.4, -0.2) is 25.9 Å². The lowest BCUT2D eigenvalue weighted by molar-refractivity contribution is -0.286. The van der Waals surface area contributed by atoms with Crippen molar-refractivity contribution < 1.29 is 27.8 Å². The fraction of sp³-hybridized carbons (Fsp3) is 0.364. The van der Waals surface area contributed by atoms with E-state index < -0.39 is 6.29 Å². The molecule has 0 saturated carbocycles. The van der Waals surface area contributed by atoms with Crippen molar-refractivity contribution in [2.24, 2.45) is 0 Å². The van der Waals surface area contributed by atoms with Gasteiger partial charge in [-0.05, 0) is 12.1 Å². The highest BCUT2D eigenvalue weighted by Gasteiger charge is 2.43. The summed E-state index contributed by atoms with van der Waals surface area (Å²) in [6.07, 6.45) is -3.44. The van der Waals surface area contributed by atoms with Gasteiger partial charge in [0.05, 0.1) is 13.5 Å². The van der Waals surface area contributed by atoms with Crippen LogP contribution in [-0.2, 0) is 9.53 Å². The highest BCUT2D eigenvalue weighted by atomic mass is 19.3. The zero-order valence-corrected chi connectivity index (χ0v) is 9.54. The molecule has 18 heavy (non-hydrogen) atoms. The van der Waals surface area contributed by atoms with Gasteiger partial charge < -0.3 is 19.5 Å². The van der Waals surface area contributed by atoms with E-state index in [-0.39, 0.29) is 23.9 Å². The molecule has 1 aromatic carbocycles. The maximum Gasteiger partial charge on any atom is 0.586 e. The number of halogens is 2. The Morgan fingerprint density at radius 2 is 2.11 bits per heavy atom. The number of ether oxygens (including phenoxy) is 3. The predicted molar refractivity (Wildman–Crippen MR) is 57.8 cm³/mol. The summed E-state index contributed by atoms with van der Waals surface area (Å²) in [5.74, 6) is -0.406. The van der Waals surface area contributed by atoms with Gasteiger partial charge in [-0.3, -0.25) is 4.79 Å². The Labute approximate surface area is 102 Å². The molecule has 0 radical (unpaired) electrons. The van der Waals surface area contributed by atoms with E-state index in [4.69, 9.17) is 0 Å². The van der Waals surface area contributed by atoms with Gasteiger partial charge in [-0.2, -0.15) is 0 Å². The molecule has 0 atom stereocenters. The smallest absolute Gasteiger partial charge is 0.469 e. The third-order valence-electron chi connectivity index (χ3n) is 2.29. The first-order valence-corrected chi connectivity index (χ1v) is 5.21. The molecular weight excluding hydrogens is 248 g/mol. The zero-order chi connectivity index (χ0) is 13.2. The lowest BCUT2D eigenvalue weighted by Gasteiger charge is -2.06. The molecule has 1 aliphatic heterocycles. The van der Waals surface area contributed by atoms with E-state index in [1.165, 1.54) is 19.2 Å². The van der Waals surface area contributed by atoms with Crippen LogP contribution in [0.25, 0.3) is 0 Å². The summed E-state index contributed by atoms with van der Waals surface area (Å²) in [5, 5.41) is 2.89. The summed E-state index contributed by atoms with van der Waals surface area (Å²) >= 11 is 0. The molecule has 98 valence electrons. The molecule has 1 heterocycles. The van der Waals surface area contributed by atoms with Crippen LogP contribution in [0, 0.1) is 0 Å². The van der Waals surface area contributed by atoms with Crippen LogP contribution in [0.1, 0.15) is 6.42 Å². The Bertz CT molecular complexity index is 464. The topological polar surface area (TPSA) is 56.8 Å². The molecule has 0 unspecified atom stereocenters. The van der Waals surface area contributed by atoms with Crippen LogP contribution < -0.4 is 14.8 Å². The normalized spacial score (nSPS) is 15.3. The van der Waals surface area contributed by atoms with Crippen molar-refractivity contribution in [3.63, 3.8) is 0 Å². The first kappa shape index (κ1) is 12.4. The van der Waals surface area contributed by atoms with Gasteiger partial charge in [-0.25, -0.2) is 0 Å². The molecule has 0 saturated heterocycles. The molecule has 5 nitrogen and oxygen atoms in total. The van der Waals surface area contributed by atoms with Gasteiger partial charge in [0.2, 0.25) is 0 Å². The highest BCUT2D eigenvalue weighted by Crippen LogP contribution is 2.42. The maximum atomic E-state index is 12.7. The average molecular weight is 259 g/mol. The van der Waals surface area contributed by atoms with Crippen molar-refractivity contribution in [1.29, 1.82) is 0 Å². The molecule has 1 N–H and O–H groups in total. The summed E-state index contributed by atoms with van der Waals surface area (Å²) in [5.41, 5.74) is 0.555. The second-order valence-electron chi connectivity index (χ2n) is 3.58. The summed E-state index contributed by atoms with van der Waals surface area (Å²) in [6, 6.07) is 4.31. The van der Waals surface area contributed by atoms with E-state index in [2.05, 4.69) is 19.5 Å². The van der Waals surface area contributed by atoms with Crippen molar-refractivity contribution in [2.45, 2.75) is 12.7 Å². The number of carbonyl (C=O) groups excluding carboxylic acids is 1. The monoisotopic (exact) mass is 259 g/mol. The van der Waals surface area contributed by atoms with E-state index in [0.29, 0.717) is 12.2 Å². The third-order valence-corrected chi connectivity index (χ3v) is 2.29. The Hall–Kier alpha value is -2.05. The summed E-state index contributed by atoms with van der Waals surface area (Å²) in [6.45, 7) is 0.336. The second-order valence-corrected chi connectivity index (χ2v) is 3.58. The van der Waals surface area contributed by atoms with Gasteiger partial charge in [0, 0.05) is 18.3 Å². The lowest BCUT2D eigenvalue weighted by atomic mass is 10.2. The van der Waals surface area contributed by atoms with Gasteiger partial charge in [-0.1, -0.05) is 0 Å². The van der Waals surface area contributed by atoms with Crippen LogP contribution in [0.2, 0.25) is 0 Å². The van der Waals surface area contributed by atoms with Crippen LogP contribution in [0.3, 0.4) is 0 Å². The molecule has 2 rings (SSSR count). The second kappa shape index (κ2) is 4.67. The van der Waals surface area contributed by atoms with Gasteiger partial charge in [0.25, 0.3) is 0 Å². The quantitative estimate of drug-likeness (QED) is 0.838. The van der Waals surface area contributed by atoms with Crippen LogP contribution >= 0.6 is 0 Å². The molecule has 1 aromatic rings. The van der Waals surface area contributed by atoms with Gasteiger partial charge >= 0.3 is 12.3 Å². The molecule has 7 heteroatoms. The number of rotatable bonds is 4. The molecule has 0 aliphatic carbocycles. The SMILES string of the molecule is COC(=O)CCNc1ccc2c(c1)OC(F)(F)O2. The fourth-order valence-corrected chi connectivity index (χ4v) is 1.47. The van der Waals surface area contributed by atoms with E-state index in [1.807, 2.05) is 0 Å². The molecule has 0 fully saturated rings. The first-order valence-electron chi connectivity index (χ1n) is 5.21. The van der Waals surface area contributed by atoms with E-state index in [9.17, 15) is 13.6 Å². The average Bonchev–Trinajstić information content (AvgIpc) is 2.62. The number of carbonyl (C=O) groups is 1. The minimum absolute atomic E-state index is 0.0153. The Morgan fingerprint density at radius 1 is 1.39 bits per heavy atom. The number of hydrogen-bond acceptors (Lipinski definition) is 5. The maximum absolute atomic E-state index is 12.7. The largest absolute Gasteiger partial charge is 0.586 e. The number of anilines is 1. The fourth-order valence-electron chi connectivity index (χ4n) is 1.47. The molecule has 1 aliphatic rings. The molecule has 0 aromatic heterocycles. The highest BCUT2D eigenvalue weighted by molar-refractivity contribution is 5.70. The van der Waals surface area contributed by atoms with Crippen LogP contribution in [0.5, 0.6) is 11.5 Å². The Balaban J connectivity index is 1.95. The molecule has 0 bridgehead atoms. The number of benzene rings is 1. The van der Waals surface area contributed by atoms with E-state index >= 15 is 0 Å². The molecule has 0 spiro atoms. The van der Waals surface area contributed by atoms with Crippen molar-refractivity contribution in [2.75, 3.05) is 19.0 Å². The zero-order valence-electron chi connectivity index (χ0n) is 9.54. The number of nitrogens with one attached hydrogen (secondary N) is 1.